The number of hydrogen-bond acceptors (Lipinski definition) is 3. The number of nitrogens with two attached hydrogens (primary N) is 1. The molecule has 3 nitrogen and oxygen atoms in total. The van der Waals surface area contributed by atoms with E-state index in [1.807, 2.05) is 7.11 Å². The van der Waals surface area contributed by atoms with E-state index in [-0.39, 0.29) is 0 Å². The molecule has 1 saturated carbocycles. The summed E-state index contributed by atoms with van der Waals surface area (Å²) in [5.74, 6) is 1.24. The molecule has 0 radical (unpaired) electrons. The maximum absolute atomic E-state index is 5.75. The monoisotopic (exact) mass is 214 g/mol. The van der Waals surface area contributed by atoms with Gasteiger partial charge in [0.2, 0.25) is 0 Å². The lowest BCUT2D eigenvalue weighted by Crippen LogP contribution is -2.42. The van der Waals surface area contributed by atoms with Crippen LogP contribution in [0, 0.1) is 11.8 Å². The van der Waals surface area contributed by atoms with Crippen LogP contribution in [0.1, 0.15) is 33.1 Å². The van der Waals surface area contributed by atoms with E-state index >= 15 is 0 Å². The molecule has 1 fully saturated rings. The van der Waals surface area contributed by atoms with Gasteiger partial charge in [0.25, 0.3) is 0 Å². The molecular formula is C12H26N2O. The number of rotatable bonds is 6. The molecule has 3 N–H and O–H groups in total. The van der Waals surface area contributed by atoms with E-state index in [0.717, 1.165) is 13.1 Å². The highest BCUT2D eigenvalue weighted by Gasteiger charge is 2.27. The molecule has 3 heteroatoms. The molecule has 0 heterocycles. The summed E-state index contributed by atoms with van der Waals surface area (Å²) in [7, 11) is 1.81. The third kappa shape index (κ3) is 3.74. The number of ether oxygens (including phenoxy) is 1. The fraction of sp³-hybridized carbons (Fsp3) is 1.00. The summed E-state index contributed by atoms with van der Waals surface area (Å²) in [6.07, 6.45) is 4.14. The molecule has 3 unspecified atom stereocenters. The van der Waals surface area contributed by atoms with Gasteiger partial charge in [-0.25, -0.2) is 0 Å². The first kappa shape index (κ1) is 12.9. The molecule has 0 saturated heterocycles. The molecule has 0 aromatic carbocycles. The van der Waals surface area contributed by atoms with Crippen molar-refractivity contribution >= 4 is 0 Å². The Bertz CT molecular complexity index is 173. The minimum absolute atomic E-state index is 0.413. The van der Waals surface area contributed by atoms with E-state index < -0.39 is 0 Å². The van der Waals surface area contributed by atoms with E-state index in [1.165, 1.54) is 19.3 Å². The zero-order chi connectivity index (χ0) is 11.3. The van der Waals surface area contributed by atoms with Crippen molar-refractivity contribution in [3.05, 3.63) is 0 Å². The molecule has 1 aliphatic carbocycles. The lowest BCUT2D eigenvalue weighted by molar-refractivity contribution is 0.0831. The minimum Gasteiger partial charge on any atom is -0.380 e. The predicted molar refractivity (Wildman–Crippen MR) is 63.8 cm³/mol. The highest BCUT2D eigenvalue weighted by Crippen LogP contribution is 2.22. The second kappa shape index (κ2) is 6.46. The Labute approximate surface area is 93.8 Å². The van der Waals surface area contributed by atoms with E-state index in [2.05, 4.69) is 19.2 Å². The third-order valence-corrected chi connectivity index (χ3v) is 3.64. The van der Waals surface area contributed by atoms with Crippen LogP contribution in [0.2, 0.25) is 0 Å². The Kier molecular flexibility index (Phi) is 5.58. The van der Waals surface area contributed by atoms with E-state index in [1.54, 1.807) is 0 Å². The Morgan fingerprint density at radius 2 is 2.13 bits per heavy atom. The molecule has 3 atom stereocenters. The topological polar surface area (TPSA) is 47.3 Å². The largest absolute Gasteiger partial charge is 0.380 e. The maximum atomic E-state index is 5.75. The lowest BCUT2D eigenvalue weighted by atomic mass is 9.95. The standard InChI is InChI=1S/C12H26N2O/c1-9(2)10(7-13)8-14-11-5-4-6-12(11)15-3/h9-12,14H,4-8,13H2,1-3H3. The summed E-state index contributed by atoms with van der Waals surface area (Å²) in [5, 5.41) is 3.61. The minimum atomic E-state index is 0.413. The van der Waals surface area contributed by atoms with Crippen molar-refractivity contribution in [2.45, 2.75) is 45.3 Å². The Morgan fingerprint density at radius 3 is 2.67 bits per heavy atom. The van der Waals surface area contributed by atoms with Gasteiger partial charge in [-0.15, -0.1) is 0 Å². The summed E-state index contributed by atoms with van der Waals surface area (Å²) >= 11 is 0. The van der Waals surface area contributed by atoms with Gasteiger partial charge < -0.3 is 15.8 Å². The van der Waals surface area contributed by atoms with Crippen molar-refractivity contribution < 1.29 is 4.74 Å². The Hall–Kier alpha value is -0.120. The molecule has 0 aromatic heterocycles. The molecule has 15 heavy (non-hydrogen) atoms. The Balaban J connectivity index is 2.28. The van der Waals surface area contributed by atoms with Crippen LogP contribution in [0.25, 0.3) is 0 Å². The summed E-state index contributed by atoms with van der Waals surface area (Å²) in [5.41, 5.74) is 5.75. The van der Waals surface area contributed by atoms with Crippen molar-refractivity contribution in [1.82, 2.24) is 5.32 Å². The smallest absolute Gasteiger partial charge is 0.0724 e. The van der Waals surface area contributed by atoms with E-state index in [9.17, 15) is 0 Å². The Morgan fingerprint density at radius 1 is 1.40 bits per heavy atom. The molecule has 0 spiro atoms. The van der Waals surface area contributed by atoms with Crippen LogP contribution in [0.5, 0.6) is 0 Å². The SMILES string of the molecule is COC1CCCC1NCC(CN)C(C)C. The molecule has 1 rings (SSSR count). The van der Waals surface area contributed by atoms with Crippen LogP contribution in [-0.4, -0.2) is 32.3 Å². The zero-order valence-electron chi connectivity index (χ0n) is 10.3. The molecule has 0 bridgehead atoms. The molecule has 0 aromatic rings. The van der Waals surface area contributed by atoms with Crippen molar-refractivity contribution in [1.29, 1.82) is 0 Å². The van der Waals surface area contributed by atoms with Crippen LogP contribution < -0.4 is 11.1 Å². The molecule has 1 aliphatic rings. The highest BCUT2D eigenvalue weighted by atomic mass is 16.5. The van der Waals surface area contributed by atoms with Gasteiger partial charge in [0.1, 0.15) is 0 Å². The molecule has 0 amide bonds. The van der Waals surface area contributed by atoms with Crippen molar-refractivity contribution in [3.63, 3.8) is 0 Å². The summed E-state index contributed by atoms with van der Waals surface area (Å²) in [6, 6.07) is 0.544. The van der Waals surface area contributed by atoms with Crippen LogP contribution in [0.3, 0.4) is 0 Å². The molecular weight excluding hydrogens is 188 g/mol. The average molecular weight is 214 g/mol. The van der Waals surface area contributed by atoms with Gasteiger partial charge in [-0.2, -0.15) is 0 Å². The zero-order valence-corrected chi connectivity index (χ0v) is 10.3. The first-order valence-corrected chi connectivity index (χ1v) is 6.15. The summed E-state index contributed by atoms with van der Waals surface area (Å²) < 4.78 is 5.46. The van der Waals surface area contributed by atoms with Gasteiger partial charge in [-0.05, 0) is 44.2 Å². The highest BCUT2D eigenvalue weighted by molar-refractivity contribution is 4.84. The normalized spacial score (nSPS) is 28.6. The molecule has 0 aliphatic heterocycles. The van der Waals surface area contributed by atoms with Crippen LogP contribution >= 0.6 is 0 Å². The second-order valence-electron chi connectivity index (χ2n) is 4.96. The van der Waals surface area contributed by atoms with Gasteiger partial charge in [0, 0.05) is 13.2 Å². The van der Waals surface area contributed by atoms with Crippen molar-refractivity contribution in [3.8, 4) is 0 Å². The third-order valence-electron chi connectivity index (χ3n) is 3.64. The lowest BCUT2D eigenvalue weighted by Gasteiger charge is -2.25. The number of hydrogen-bond donors (Lipinski definition) is 2. The second-order valence-corrected chi connectivity index (χ2v) is 4.96. The summed E-state index contributed by atoms with van der Waals surface area (Å²) in [4.78, 5) is 0. The van der Waals surface area contributed by atoms with Gasteiger partial charge in [-0.1, -0.05) is 13.8 Å². The van der Waals surface area contributed by atoms with Crippen molar-refractivity contribution in [2.75, 3.05) is 20.2 Å². The van der Waals surface area contributed by atoms with Gasteiger partial charge in [0.05, 0.1) is 6.10 Å². The summed E-state index contributed by atoms with van der Waals surface area (Å²) in [6.45, 7) is 6.27. The van der Waals surface area contributed by atoms with Gasteiger partial charge in [-0.3, -0.25) is 0 Å². The predicted octanol–water partition coefficient (Wildman–Crippen LogP) is 1.37. The van der Waals surface area contributed by atoms with Gasteiger partial charge >= 0.3 is 0 Å². The first-order valence-electron chi connectivity index (χ1n) is 6.15. The quantitative estimate of drug-likeness (QED) is 0.702. The van der Waals surface area contributed by atoms with Gasteiger partial charge in [0.15, 0.2) is 0 Å². The first-order chi connectivity index (χ1) is 7.19. The van der Waals surface area contributed by atoms with E-state index in [0.29, 0.717) is 24.0 Å². The van der Waals surface area contributed by atoms with Crippen LogP contribution in [0.15, 0.2) is 0 Å². The maximum Gasteiger partial charge on any atom is 0.0724 e. The van der Waals surface area contributed by atoms with E-state index in [4.69, 9.17) is 10.5 Å². The average Bonchev–Trinajstić information content (AvgIpc) is 2.65. The number of methoxy groups -OCH3 is 1. The van der Waals surface area contributed by atoms with Crippen LogP contribution in [0.4, 0.5) is 0 Å². The molecule has 90 valence electrons. The fourth-order valence-corrected chi connectivity index (χ4v) is 2.34. The van der Waals surface area contributed by atoms with Crippen LogP contribution in [-0.2, 0) is 4.74 Å². The fourth-order valence-electron chi connectivity index (χ4n) is 2.34. The number of nitrogens with one attached hydrogen (secondary N) is 1. The van der Waals surface area contributed by atoms with Crippen molar-refractivity contribution in [2.24, 2.45) is 17.6 Å².